The molecule has 0 atom stereocenters. The zero-order valence-corrected chi connectivity index (χ0v) is 10.4. The van der Waals surface area contributed by atoms with E-state index >= 15 is 0 Å². The molecular weight excluding hydrogens is 234 g/mol. The Bertz CT molecular complexity index is 411. The van der Waals surface area contributed by atoms with Crippen molar-refractivity contribution < 1.29 is 15.0 Å². The summed E-state index contributed by atoms with van der Waals surface area (Å²) in [5.74, 6) is -0.760. The summed E-state index contributed by atoms with van der Waals surface area (Å²) in [6.45, 7) is 0.606. The first-order chi connectivity index (χ1) is 8.74. The van der Waals surface area contributed by atoms with E-state index in [1.807, 2.05) is 0 Å². The van der Waals surface area contributed by atoms with E-state index in [-0.39, 0.29) is 18.2 Å². The number of aliphatic hydroxyl groups is 1. The summed E-state index contributed by atoms with van der Waals surface area (Å²) in [6.07, 6.45) is 6.07. The number of carboxylic acid groups (broad SMARTS) is 1. The maximum Gasteiger partial charge on any atom is 0.358 e. The van der Waals surface area contributed by atoms with Crippen LogP contribution in [0.4, 0.5) is 0 Å². The molecule has 18 heavy (non-hydrogen) atoms. The standard InChI is InChI=1S/C12H19N3O3/c16-8-4-7-15-11(9-5-2-1-3-6-9)10(12(17)18)13-14-15/h9,16H,1-8H2,(H,17,18). The number of aromatic carboxylic acids is 1. The van der Waals surface area contributed by atoms with Crippen molar-refractivity contribution in [3.8, 4) is 0 Å². The molecular formula is C12H19N3O3. The first-order valence-corrected chi connectivity index (χ1v) is 6.51. The Hall–Kier alpha value is -1.43. The van der Waals surface area contributed by atoms with Crippen LogP contribution in [0.25, 0.3) is 0 Å². The molecule has 1 aromatic rings. The van der Waals surface area contributed by atoms with Crippen molar-refractivity contribution in [1.29, 1.82) is 0 Å². The van der Waals surface area contributed by atoms with Crippen molar-refractivity contribution in [2.45, 2.75) is 51.0 Å². The van der Waals surface area contributed by atoms with Crippen molar-refractivity contribution in [2.24, 2.45) is 0 Å². The van der Waals surface area contributed by atoms with Gasteiger partial charge >= 0.3 is 5.97 Å². The van der Waals surface area contributed by atoms with E-state index in [2.05, 4.69) is 10.3 Å². The number of carboxylic acids is 1. The Morgan fingerprint density at radius 2 is 2.06 bits per heavy atom. The van der Waals surface area contributed by atoms with Gasteiger partial charge < -0.3 is 10.2 Å². The first kappa shape index (κ1) is 13.0. The topological polar surface area (TPSA) is 88.2 Å². The molecule has 100 valence electrons. The molecule has 1 heterocycles. The third kappa shape index (κ3) is 2.69. The number of rotatable bonds is 5. The normalized spacial score (nSPS) is 16.9. The highest BCUT2D eigenvalue weighted by atomic mass is 16.4. The second kappa shape index (κ2) is 5.95. The van der Waals surface area contributed by atoms with Crippen molar-refractivity contribution in [3.05, 3.63) is 11.4 Å². The average molecular weight is 253 g/mol. The molecule has 1 aliphatic rings. The van der Waals surface area contributed by atoms with Crippen LogP contribution in [-0.2, 0) is 6.54 Å². The number of aliphatic hydroxyl groups excluding tert-OH is 1. The summed E-state index contributed by atoms with van der Waals surface area (Å²) in [5, 5.41) is 25.7. The molecule has 0 unspecified atom stereocenters. The van der Waals surface area contributed by atoms with Crippen LogP contribution in [0.2, 0.25) is 0 Å². The third-order valence-electron chi connectivity index (χ3n) is 3.50. The second-order valence-electron chi connectivity index (χ2n) is 4.76. The number of hydrogen-bond donors (Lipinski definition) is 2. The Kier molecular flexibility index (Phi) is 4.30. The van der Waals surface area contributed by atoms with Crippen LogP contribution in [-0.4, -0.2) is 37.8 Å². The van der Waals surface area contributed by atoms with E-state index in [1.54, 1.807) is 4.68 Å². The molecule has 2 N–H and O–H groups in total. The lowest BCUT2D eigenvalue weighted by atomic mass is 9.86. The van der Waals surface area contributed by atoms with Gasteiger partial charge in [0.1, 0.15) is 0 Å². The zero-order valence-electron chi connectivity index (χ0n) is 10.4. The fourth-order valence-corrected chi connectivity index (χ4v) is 2.64. The molecule has 0 saturated heterocycles. The van der Waals surface area contributed by atoms with Gasteiger partial charge in [0, 0.05) is 19.1 Å². The van der Waals surface area contributed by atoms with E-state index in [0.717, 1.165) is 31.4 Å². The van der Waals surface area contributed by atoms with Crippen LogP contribution in [0, 0.1) is 0 Å². The number of hydrogen-bond acceptors (Lipinski definition) is 4. The van der Waals surface area contributed by atoms with Crippen molar-refractivity contribution in [2.75, 3.05) is 6.61 Å². The molecule has 1 fully saturated rings. The summed E-state index contributed by atoms with van der Waals surface area (Å²) in [5.41, 5.74) is 0.829. The molecule has 0 aromatic carbocycles. The monoisotopic (exact) mass is 253 g/mol. The van der Waals surface area contributed by atoms with Gasteiger partial charge in [-0.1, -0.05) is 24.5 Å². The number of carbonyl (C=O) groups is 1. The van der Waals surface area contributed by atoms with E-state index in [1.165, 1.54) is 6.42 Å². The first-order valence-electron chi connectivity index (χ1n) is 6.51. The quantitative estimate of drug-likeness (QED) is 0.828. The van der Waals surface area contributed by atoms with Crippen molar-refractivity contribution in [1.82, 2.24) is 15.0 Å². The predicted octanol–water partition coefficient (Wildman–Crippen LogP) is 1.41. The van der Waals surface area contributed by atoms with Gasteiger partial charge in [-0.25, -0.2) is 9.48 Å². The predicted molar refractivity (Wildman–Crippen MR) is 64.5 cm³/mol. The Morgan fingerprint density at radius 3 is 2.67 bits per heavy atom. The van der Waals surface area contributed by atoms with Gasteiger partial charge in [0.15, 0.2) is 5.69 Å². The van der Waals surface area contributed by atoms with Crippen LogP contribution < -0.4 is 0 Å². The van der Waals surface area contributed by atoms with Gasteiger partial charge in [0.05, 0.1) is 5.69 Å². The van der Waals surface area contributed by atoms with E-state index in [4.69, 9.17) is 10.2 Å². The van der Waals surface area contributed by atoms with Crippen LogP contribution in [0.5, 0.6) is 0 Å². The van der Waals surface area contributed by atoms with E-state index in [0.29, 0.717) is 13.0 Å². The van der Waals surface area contributed by atoms with Gasteiger partial charge in [0.25, 0.3) is 0 Å². The summed E-state index contributed by atoms with van der Waals surface area (Å²) < 4.78 is 1.66. The number of aryl methyl sites for hydroxylation is 1. The molecule has 2 rings (SSSR count). The largest absolute Gasteiger partial charge is 0.476 e. The highest BCUT2D eigenvalue weighted by Gasteiger charge is 2.27. The molecule has 0 spiro atoms. The minimum Gasteiger partial charge on any atom is -0.476 e. The molecule has 1 aliphatic carbocycles. The lowest BCUT2D eigenvalue weighted by Gasteiger charge is -2.22. The molecule has 1 saturated carbocycles. The lowest BCUT2D eigenvalue weighted by molar-refractivity contribution is 0.0688. The Balaban J connectivity index is 2.26. The van der Waals surface area contributed by atoms with Crippen molar-refractivity contribution in [3.63, 3.8) is 0 Å². The van der Waals surface area contributed by atoms with Gasteiger partial charge in [-0.05, 0) is 19.3 Å². The minimum atomic E-state index is -1.01. The van der Waals surface area contributed by atoms with Gasteiger partial charge in [-0.3, -0.25) is 0 Å². The maximum atomic E-state index is 11.2. The fraction of sp³-hybridized carbons (Fsp3) is 0.750. The van der Waals surface area contributed by atoms with Gasteiger partial charge in [-0.2, -0.15) is 0 Å². The fourth-order valence-electron chi connectivity index (χ4n) is 2.64. The highest BCUT2D eigenvalue weighted by Crippen LogP contribution is 2.33. The van der Waals surface area contributed by atoms with Crippen LogP contribution in [0.15, 0.2) is 0 Å². The molecule has 0 amide bonds. The van der Waals surface area contributed by atoms with E-state index in [9.17, 15) is 4.79 Å². The summed E-state index contributed by atoms with van der Waals surface area (Å²) >= 11 is 0. The van der Waals surface area contributed by atoms with Crippen molar-refractivity contribution >= 4 is 5.97 Å². The van der Waals surface area contributed by atoms with Gasteiger partial charge in [0.2, 0.25) is 0 Å². The zero-order chi connectivity index (χ0) is 13.0. The van der Waals surface area contributed by atoms with Crippen LogP contribution in [0.3, 0.4) is 0 Å². The molecule has 1 aromatic heterocycles. The Labute approximate surface area is 106 Å². The third-order valence-corrected chi connectivity index (χ3v) is 3.50. The molecule has 6 heteroatoms. The van der Waals surface area contributed by atoms with Crippen LogP contribution >= 0.6 is 0 Å². The summed E-state index contributed by atoms with van der Waals surface area (Å²) in [6, 6.07) is 0. The second-order valence-corrected chi connectivity index (χ2v) is 4.76. The molecule has 0 bridgehead atoms. The molecule has 0 aliphatic heterocycles. The lowest BCUT2D eigenvalue weighted by Crippen LogP contribution is -2.16. The maximum absolute atomic E-state index is 11.2. The summed E-state index contributed by atoms with van der Waals surface area (Å²) in [7, 11) is 0. The van der Waals surface area contributed by atoms with E-state index < -0.39 is 5.97 Å². The van der Waals surface area contributed by atoms with Gasteiger partial charge in [-0.15, -0.1) is 5.10 Å². The smallest absolute Gasteiger partial charge is 0.358 e. The average Bonchev–Trinajstić information content (AvgIpc) is 2.81. The number of aromatic nitrogens is 3. The number of nitrogens with zero attached hydrogens (tertiary/aromatic N) is 3. The highest BCUT2D eigenvalue weighted by molar-refractivity contribution is 5.86. The molecule has 0 radical (unpaired) electrons. The minimum absolute atomic E-state index is 0.0758. The summed E-state index contributed by atoms with van der Waals surface area (Å²) in [4.78, 5) is 11.2. The van der Waals surface area contributed by atoms with Crippen LogP contribution in [0.1, 0.15) is 60.6 Å². The Morgan fingerprint density at radius 1 is 1.33 bits per heavy atom. The SMILES string of the molecule is O=C(O)c1nnn(CCCO)c1C1CCCCC1. The molecule has 6 nitrogen and oxygen atoms in total.